The van der Waals surface area contributed by atoms with E-state index in [2.05, 4.69) is 4.98 Å². The van der Waals surface area contributed by atoms with Gasteiger partial charge in [-0.05, 0) is 62.6 Å². The Hall–Kier alpha value is -3.21. The van der Waals surface area contributed by atoms with Crippen LogP contribution in [0.4, 0.5) is 4.79 Å². The van der Waals surface area contributed by atoms with Gasteiger partial charge in [-0.3, -0.25) is 9.17 Å². The fourth-order valence-electron chi connectivity index (χ4n) is 4.63. The van der Waals surface area contributed by atoms with E-state index < -0.39 is 15.7 Å². The van der Waals surface area contributed by atoms with Crippen molar-refractivity contribution in [1.29, 1.82) is 0 Å². The molecule has 2 aromatic carbocycles. The van der Waals surface area contributed by atoms with Gasteiger partial charge in [-0.25, -0.2) is 4.79 Å². The van der Waals surface area contributed by atoms with E-state index in [1.54, 1.807) is 11.1 Å². The second kappa shape index (κ2) is 13.0. The highest BCUT2D eigenvalue weighted by Gasteiger charge is 2.35. The molecule has 40 heavy (non-hydrogen) atoms. The molecule has 0 unspecified atom stereocenters. The number of nitrogens with zero attached hydrogens (tertiary/aromatic N) is 2. The third kappa shape index (κ3) is 8.90. The summed E-state index contributed by atoms with van der Waals surface area (Å²) >= 11 is 0. The molecule has 216 valence electrons. The van der Waals surface area contributed by atoms with Crippen LogP contribution in [0, 0.1) is 0 Å². The largest absolute Gasteiger partial charge is 0.494 e. The summed E-state index contributed by atoms with van der Waals surface area (Å²) in [6, 6.07) is 17.9. The van der Waals surface area contributed by atoms with Crippen LogP contribution in [-0.2, 0) is 30.4 Å². The summed E-state index contributed by atoms with van der Waals surface area (Å²) in [7, 11) is -3.45. The van der Waals surface area contributed by atoms with Gasteiger partial charge in [0.15, 0.2) is 0 Å². The Morgan fingerprint density at radius 2 is 1.85 bits per heavy atom. The van der Waals surface area contributed by atoms with Gasteiger partial charge < -0.3 is 19.1 Å². The molecule has 1 saturated heterocycles. The fraction of sp³-hybridized carbons (Fsp3) is 0.467. The van der Waals surface area contributed by atoms with Gasteiger partial charge in [0.1, 0.15) is 11.4 Å². The van der Waals surface area contributed by atoms with Crippen LogP contribution in [-0.4, -0.2) is 68.7 Å². The number of hydrogen-bond acceptors (Lipinski definition) is 8. The molecular formula is C30H38N2O7S. The monoisotopic (exact) mass is 570 g/mol. The molecule has 1 aromatic heterocycles. The van der Waals surface area contributed by atoms with Crippen LogP contribution in [0.1, 0.15) is 50.7 Å². The predicted octanol–water partition coefficient (Wildman–Crippen LogP) is 5.29. The van der Waals surface area contributed by atoms with Gasteiger partial charge in [0.2, 0.25) is 0 Å². The summed E-state index contributed by atoms with van der Waals surface area (Å²) in [5, 5.41) is 1.07. The van der Waals surface area contributed by atoms with Crippen molar-refractivity contribution in [3.63, 3.8) is 0 Å². The Morgan fingerprint density at radius 1 is 1.07 bits per heavy atom. The standard InChI is InChI=1S/C30H38N2O7S/c1-30(2,3)39-29(33)32-16-14-26(23-10-12-25(13-11-23)36-17-6-18-38-40(4,34)35)28(20-32)37-21-22-8-9-24-7-5-15-31-27(24)19-22/h5,7-13,15,19,26,28H,6,14,16-18,20-21H2,1-4H3/t26-,28+/m1/s1. The SMILES string of the molecule is CC(C)(C)OC(=O)N1CC[C@H](c2ccc(OCCCOS(C)(=O)=O)cc2)[C@@H](OCc2ccc3cccnc3c2)C1. The van der Waals surface area contributed by atoms with E-state index in [4.69, 9.17) is 18.4 Å². The molecule has 1 fully saturated rings. The van der Waals surface area contributed by atoms with Crippen LogP contribution in [0.2, 0.25) is 0 Å². The average Bonchev–Trinajstić information content (AvgIpc) is 2.90. The lowest BCUT2D eigenvalue weighted by Crippen LogP contribution is -2.48. The van der Waals surface area contributed by atoms with Crippen LogP contribution in [0.15, 0.2) is 60.8 Å². The maximum atomic E-state index is 12.9. The van der Waals surface area contributed by atoms with Crippen molar-refractivity contribution >= 4 is 27.1 Å². The molecule has 2 atom stereocenters. The minimum Gasteiger partial charge on any atom is -0.494 e. The molecule has 0 spiro atoms. The van der Waals surface area contributed by atoms with Crippen molar-refractivity contribution < 1.29 is 31.6 Å². The molecule has 1 amide bonds. The second-order valence-electron chi connectivity index (χ2n) is 11.0. The number of aromatic nitrogens is 1. The van der Waals surface area contributed by atoms with Crippen molar-refractivity contribution in [1.82, 2.24) is 9.88 Å². The molecule has 0 aliphatic carbocycles. The molecule has 0 N–H and O–H groups in total. The normalized spacial score (nSPS) is 18.1. The Labute approximate surface area is 236 Å². The Kier molecular flexibility index (Phi) is 9.65. The van der Waals surface area contributed by atoms with Crippen molar-refractivity contribution in [3.8, 4) is 5.75 Å². The quantitative estimate of drug-likeness (QED) is 0.239. The summed E-state index contributed by atoms with van der Waals surface area (Å²) in [5.41, 5.74) is 2.46. The Morgan fingerprint density at radius 3 is 2.58 bits per heavy atom. The van der Waals surface area contributed by atoms with Gasteiger partial charge in [-0.1, -0.05) is 30.3 Å². The highest BCUT2D eigenvalue weighted by molar-refractivity contribution is 7.85. The number of amides is 1. The molecule has 0 bridgehead atoms. The summed E-state index contributed by atoms with van der Waals surface area (Å²) in [4.78, 5) is 19.0. The van der Waals surface area contributed by atoms with Crippen LogP contribution in [0.25, 0.3) is 10.9 Å². The summed E-state index contributed by atoms with van der Waals surface area (Å²) < 4.78 is 44.7. The molecule has 4 rings (SSSR count). The maximum Gasteiger partial charge on any atom is 0.410 e. The smallest absolute Gasteiger partial charge is 0.410 e. The molecule has 9 nitrogen and oxygen atoms in total. The first-order chi connectivity index (χ1) is 19.0. The average molecular weight is 571 g/mol. The number of benzene rings is 2. The van der Waals surface area contributed by atoms with Gasteiger partial charge in [-0.2, -0.15) is 8.42 Å². The molecule has 0 saturated carbocycles. The third-order valence-corrected chi connectivity index (χ3v) is 7.10. The number of fused-ring (bicyclic) bond motifs is 1. The lowest BCUT2D eigenvalue weighted by Gasteiger charge is -2.39. The van der Waals surface area contributed by atoms with Crippen LogP contribution in [0.5, 0.6) is 5.75 Å². The van der Waals surface area contributed by atoms with E-state index in [1.165, 1.54) is 0 Å². The van der Waals surface area contributed by atoms with Crippen molar-refractivity contribution in [2.24, 2.45) is 0 Å². The molecule has 1 aliphatic heterocycles. The van der Waals surface area contributed by atoms with Crippen LogP contribution >= 0.6 is 0 Å². The van der Waals surface area contributed by atoms with Crippen molar-refractivity contribution in [3.05, 3.63) is 71.9 Å². The topological polar surface area (TPSA) is 104 Å². The Balaban J connectivity index is 1.42. The van der Waals surface area contributed by atoms with E-state index >= 15 is 0 Å². The molecule has 10 heteroatoms. The van der Waals surface area contributed by atoms with E-state index in [0.717, 1.165) is 34.7 Å². The predicted molar refractivity (Wildman–Crippen MR) is 153 cm³/mol. The van der Waals surface area contributed by atoms with Gasteiger partial charge in [-0.15, -0.1) is 0 Å². The van der Waals surface area contributed by atoms with Crippen LogP contribution in [0.3, 0.4) is 0 Å². The van der Waals surface area contributed by atoms with Gasteiger partial charge in [0.25, 0.3) is 10.1 Å². The number of carbonyl (C=O) groups is 1. The lowest BCUT2D eigenvalue weighted by atomic mass is 9.87. The third-order valence-electron chi connectivity index (χ3n) is 6.51. The fourth-order valence-corrected chi connectivity index (χ4v) is 5.06. The minimum atomic E-state index is -3.45. The summed E-state index contributed by atoms with van der Waals surface area (Å²) in [5.74, 6) is 0.768. The van der Waals surface area contributed by atoms with Crippen molar-refractivity contribution in [2.45, 2.75) is 57.8 Å². The molecule has 0 radical (unpaired) electrons. The number of ether oxygens (including phenoxy) is 3. The highest BCUT2D eigenvalue weighted by Crippen LogP contribution is 2.33. The van der Waals surface area contributed by atoms with Gasteiger partial charge in [0.05, 0.1) is 44.2 Å². The van der Waals surface area contributed by atoms with Gasteiger partial charge >= 0.3 is 6.09 Å². The number of hydrogen-bond donors (Lipinski definition) is 0. The first kappa shape index (κ1) is 29.8. The Bertz CT molecular complexity index is 1390. The van der Waals surface area contributed by atoms with Gasteiger partial charge in [0, 0.05) is 30.5 Å². The van der Waals surface area contributed by atoms with E-state index in [9.17, 15) is 13.2 Å². The minimum absolute atomic E-state index is 0.0782. The number of likely N-dealkylation sites (tertiary alicyclic amines) is 1. The molecular weight excluding hydrogens is 532 g/mol. The molecule has 1 aliphatic rings. The zero-order chi connectivity index (χ0) is 28.8. The molecule has 3 aromatic rings. The van der Waals surface area contributed by atoms with E-state index in [-0.39, 0.29) is 24.7 Å². The number of rotatable bonds is 10. The highest BCUT2D eigenvalue weighted by atomic mass is 32.2. The first-order valence-electron chi connectivity index (χ1n) is 13.5. The maximum absolute atomic E-state index is 12.9. The van der Waals surface area contributed by atoms with Crippen LogP contribution < -0.4 is 4.74 Å². The first-order valence-corrected chi connectivity index (χ1v) is 15.3. The van der Waals surface area contributed by atoms with Crippen molar-refractivity contribution in [2.75, 3.05) is 32.6 Å². The van der Waals surface area contributed by atoms with E-state index in [1.807, 2.05) is 75.4 Å². The summed E-state index contributed by atoms with van der Waals surface area (Å²) in [6.45, 7) is 7.40. The number of pyridine rings is 1. The zero-order valence-corrected chi connectivity index (χ0v) is 24.4. The second-order valence-corrected chi connectivity index (χ2v) is 12.6. The molecule has 2 heterocycles. The zero-order valence-electron chi connectivity index (χ0n) is 23.5. The lowest BCUT2D eigenvalue weighted by molar-refractivity contribution is -0.0359. The van der Waals surface area contributed by atoms with E-state index in [0.29, 0.717) is 38.5 Å². The summed E-state index contributed by atoms with van der Waals surface area (Å²) in [6.07, 6.45) is 3.42. The number of piperidine rings is 1. The number of carbonyl (C=O) groups excluding carboxylic acids is 1.